The number of amides is 2. The highest BCUT2D eigenvalue weighted by Crippen LogP contribution is 2.37. The van der Waals surface area contributed by atoms with Crippen molar-refractivity contribution in [1.29, 1.82) is 0 Å². The molecule has 2 aromatic carbocycles. The second-order valence-corrected chi connectivity index (χ2v) is 16.1. The molecule has 13 heteroatoms. The van der Waals surface area contributed by atoms with Gasteiger partial charge < -0.3 is 9.80 Å². The van der Waals surface area contributed by atoms with Crippen molar-refractivity contribution >= 4 is 31.6 Å². The summed E-state index contributed by atoms with van der Waals surface area (Å²) in [5.41, 5.74) is 1.30. The molecule has 3 saturated heterocycles. The van der Waals surface area contributed by atoms with E-state index in [4.69, 9.17) is 0 Å². The molecule has 1 atom stereocenters. The first kappa shape index (κ1) is 31.8. The first-order valence-corrected chi connectivity index (χ1v) is 18.6. The van der Waals surface area contributed by atoms with Crippen LogP contribution in [0.1, 0.15) is 43.6 Å². The molecule has 2 amide bonds. The van der Waals surface area contributed by atoms with Crippen molar-refractivity contribution in [3.8, 4) is 0 Å². The van der Waals surface area contributed by atoms with E-state index >= 15 is 0 Å². The average Bonchev–Trinajstić information content (AvgIpc) is 3.33. The Balaban J connectivity index is 1.17. The molecule has 2 aromatic rings. The monoisotopic (exact) mass is 638 g/mol. The molecule has 43 heavy (non-hydrogen) atoms. The first-order chi connectivity index (χ1) is 20.3. The van der Waals surface area contributed by atoms with Crippen LogP contribution in [0.4, 0.5) is 19.3 Å². The number of rotatable bonds is 9. The summed E-state index contributed by atoms with van der Waals surface area (Å²) in [6.07, 6.45) is 5.99. The Bertz CT molecular complexity index is 1500. The third kappa shape index (κ3) is 7.55. The van der Waals surface area contributed by atoms with Crippen molar-refractivity contribution in [3.63, 3.8) is 0 Å². The maximum atomic E-state index is 14.2. The molecule has 1 unspecified atom stereocenters. The van der Waals surface area contributed by atoms with Crippen LogP contribution in [0.15, 0.2) is 47.4 Å². The number of sulfone groups is 1. The predicted octanol–water partition coefficient (Wildman–Crippen LogP) is 3.92. The molecule has 3 aliphatic rings. The number of carbonyl (C=O) groups is 1. The molecular formula is C30H40F2N4O5S2. The second kappa shape index (κ2) is 12.8. The maximum absolute atomic E-state index is 14.2. The van der Waals surface area contributed by atoms with Gasteiger partial charge >= 0.3 is 6.03 Å². The highest BCUT2D eigenvalue weighted by atomic mass is 32.2. The Labute approximate surface area is 253 Å². The number of hydrogen-bond acceptors (Lipinski definition) is 6. The van der Waals surface area contributed by atoms with Crippen LogP contribution in [-0.4, -0.2) is 101 Å². The van der Waals surface area contributed by atoms with Crippen molar-refractivity contribution in [1.82, 2.24) is 14.1 Å². The number of benzene rings is 2. The van der Waals surface area contributed by atoms with Crippen LogP contribution in [0, 0.1) is 17.6 Å². The summed E-state index contributed by atoms with van der Waals surface area (Å²) in [4.78, 5) is 19.4. The summed E-state index contributed by atoms with van der Waals surface area (Å²) in [6.45, 7) is 4.31. The lowest BCUT2D eigenvalue weighted by Crippen LogP contribution is -2.47. The zero-order chi connectivity index (χ0) is 30.9. The quantitative estimate of drug-likeness (QED) is 0.413. The van der Waals surface area contributed by atoms with Crippen LogP contribution in [0.2, 0.25) is 0 Å². The minimum absolute atomic E-state index is 0.0702. The van der Waals surface area contributed by atoms with Gasteiger partial charge in [0.1, 0.15) is 11.6 Å². The number of anilines is 1. The van der Waals surface area contributed by atoms with E-state index in [9.17, 15) is 30.4 Å². The number of hydrogen-bond donors (Lipinski definition) is 0. The lowest BCUT2D eigenvalue weighted by Gasteiger charge is -2.39. The third-order valence-electron chi connectivity index (χ3n) is 9.22. The van der Waals surface area contributed by atoms with Gasteiger partial charge in [0, 0.05) is 63.3 Å². The number of nitrogens with zero attached hydrogens (tertiary/aromatic N) is 4. The summed E-state index contributed by atoms with van der Waals surface area (Å²) in [5, 5.41) is 0. The van der Waals surface area contributed by atoms with Crippen LogP contribution in [0.25, 0.3) is 0 Å². The van der Waals surface area contributed by atoms with Gasteiger partial charge in [-0.3, -0.25) is 4.90 Å². The predicted molar refractivity (Wildman–Crippen MR) is 161 cm³/mol. The van der Waals surface area contributed by atoms with E-state index < -0.39 is 31.5 Å². The molecule has 0 N–H and O–H groups in total. The molecule has 3 aliphatic heterocycles. The Morgan fingerprint density at radius 1 is 0.814 bits per heavy atom. The molecule has 236 valence electrons. The Kier molecular flexibility index (Phi) is 9.45. The molecular weight excluding hydrogens is 598 g/mol. The highest BCUT2D eigenvalue weighted by Gasteiger charge is 2.37. The van der Waals surface area contributed by atoms with Crippen molar-refractivity contribution < 1.29 is 30.4 Å². The zero-order valence-electron chi connectivity index (χ0n) is 24.7. The number of halogens is 2. The second-order valence-electron chi connectivity index (χ2n) is 12.1. The molecule has 5 rings (SSSR count). The average molecular weight is 639 g/mol. The maximum Gasteiger partial charge on any atom is 0.324 e. The van der Waals surface area contributed by atoms with Crippen molar-refractivity contribution in [2.24, 2.45) is 5.92 Å². The van der Waals surface area contributed by atoms with Crippen LogP contribution in [-0.2, 0) is 19.9 Å². The zero-order valence-corrected chi connectivity index (χ0v) is 26.3. The van der Waals surface area contributed by atoms with Gasteiger partial charge in [-0.1, -0.05) is 0 Å². The molecule has 0 aromatic heterocycles. The van der Waals surface area contributed by atoms with E-state index in [1.165, 1.54) is 34.8 Å². The smallest absolute Gasteiger partial charge is 0.319 e. The number of piperidine rings is 2. The fourth-order valence-corrected chi connectivity index (χ4v) is 8.36. The lowest BCUT2D eigenvalue weighted by atomic mass is 9.78. The van der Waals surface area contributed by atoms with Crippen molar-refractivity contribution in [2.75, 3.05) is 63.2 Å². The van der Waals surface area contributed by atoms with Crippen LogP contribution in [0.3, 0.4) is 0 Å². The SMILES string of the molecule is CS(=O)(=O)c1ccc(N2CCN(C3CCN(CCC(c4cc(F)cc(F)c4)C4CCN(S(C)(=O)=O)CC4)CC3)C2=O)cc1. The van der Waals surface area contributed by atoms with E-state index in [0.717, 1.165) is 44.8 Å². The number of sulfonamides is 1. The van der Waals surface area contributed by atoms with E-state index in [2.05, 4.69) is 4.90 Å². The standard InChI is InChI=1S/C30H40F2N4O5S2/c1-42(38,39)28-5-3-26(4-6-28)35-17-18-36(30(35)37)27-9-12-33(13-10-27)14-11-29(23-19-24(31)21-25(32)20-23)22-7-15-34(16-8-22)43(2,40)41/h3-6,19-22,27,29H,7-18H2,1-2H3. The molecule has 3 fully saturated rings. The minimum atomic E-state index is -3.31. The fourth-order valence-electron chi connectivity index (χ4n) is 6.86. The number of urea groups is 1. The van der Waals surface area contributed by atoms with Gasteiger partial charge in [0.25, 0.3) is 0 Å². The number of likely N-dealkylation sites (tertiary alicyclic amines) is 1. The summed E-state index contributed by atoms with van der Waals surface area (Å²) >= 11 is 0. The topological polar surface area (TPSA) is 98.3 Å². The van der Waals surface area contributed by atoms with Crippen LogP contribution in [0.5, 0.6) is 0 Å². The van der Waals surface area contributed by atoms with Gasteiger partial charge in [-0.05, 0) is 92.4 Å². The van der Waals surface area contributed by atoms with Gasteiger partial charge in [0.05, 0.1) is 11.2 Å². The summed E-state index contributed by atoms with van der Waals surface area (Å²) in [5.74, 6) is -1.18. The molecule has 0 bridgehead atoms. The molecule has 9 nitrogen and oxygen atoms in total. The normalized spacial score (nSPS) is 21.1. The third-order valence-corrected chi connectivity index (χ3v) is 11.7. The van der Waals surface area contributed by atoms with E-state index in [1.807, 2.05) is 4.90 Å². The molecule has 0 saturated carbocycles. The molecule has 0 spiro atoms. The minimum Gasteiger partial charge on any atom is -0.319 e. The van der Waals surface area contributed by atoms with E-state index in [1.54, 1.807) is 17.0 Å². The van der Waals surface area contributed by atoms with Gasteiger partial charge in [-0.15, -0.1) is 0 Å². The van der Waals surface area contributed by atoms with Crippen molar-refractivity contribution in [2.45, 2.75) is 49.0 Å². The largest absolute Gasteiger partial charge is 0.324 e. The van der Waals surface area contributed by atoms with Gasteiger partial charge in [0.15, 0.2) is 9.84 Å². The lowest BCUT2D eigenvalue weighted by molar-refractivity contribution is 0.130. The Hall–Kier alpha value is -2.61. The van der Waals surface area contributed by atoms with E-state index in [-0.39, 0.29) is 28.8 Å². The highest BCUT2D eigenvalue weighted by molar-refractivity contribution is 7.90. The fraction of sp³-hybridized carbons (Fsp3) is 0.567. The van der Waals surface area contributed by atoms with Crippen LogP contribution >= 0.6 is 0 Å². The molecule has 0 aliphatic carbocycles. The first-order valence-electron chi connectivity index (χ1n) is 14.8. The van der Waals surface area contributed by atoms with Gasteiger partial charge in [-0.2, -0.15) is 0 Å². The van der Waals surface area contributed by atoms with Crippen molar-refractivity contribution in [3.05, 3.63) is 59.7 Å². The van der Waals surface area contributed by atoms with E-state index in [0.29, 0.717) is 56.7 Å². The molecule has 3 heterocycles. The Morgan fingerprint density at radius 2 is 1.42 bits per heavy atom. The molecule has 0 radical (unpaired) electrons. The van der Waals surface area contributed by atoms with Gasteiger partial charge in [0.2, 0.25) is 10.0 Å². The Morgan fingerprint density at radius 3 is 1.98 bits per heavy atom. The number of carbonyl (C=O) groups excluding carboxylic acids is 1. The summed E-state index contributed by atoms with van der Waals surface area (Å²) in [7, 11) is -6.58. The van der Waals surface area contributed by atoms with Gasteiger partial charge in [-0.25, -0.2) is 34.7 Å². The summed E-state index contributed by atoms with van der Waals surface area (Å²) in [6, 6.07) is 10.1. The van der Waals surface area contributed by atoms with Crippen LogP contribution < -0.4 is 4.90 Å². The summed E-state index contributed by atoms with van der Waals surface area (Å²) < 4.78 is 77.4.